The third kappa shape index (κ3) is 3.14. The van der Waals surface area contributed by atoms with Crippen LogP contribution in [0.4, 0.5) is 0 Å². The second-order valence-electron chi connectivity index (χ2n) is 9.80. The zero-order chi connectivity index (χ0) is 22.6. The predicted octanol–water partition coefficient (Wildman–Crippen LogP) is 3.65. The van der Waals surface area contributed by atoms with Gasteiger partial charge in [0.1, 0.15) is 0 Å². The summed E-state index contributed by atoms with van der Waals surface area (Å²) in [6, 6.07) is 0. The van der Waals surface area contributed by atoms with Crippen LogP contribution in [0.15, 0.2) is 35.5 Å². The van der Waals surface area contributed by atoms with E-state index in [0.29, 0.717) is 12.8 Å². The molecule has 4 aliphatic rings. The van der Waals surface area contributed by atoms with Crippen molar-refractivity contribution in [2.75, 3.05) is 6.61 Å². The van der Waals surface area contributed by atoms with E-state index in [9.17, 15) is 19.2 Å². The van der Waals surface area contributed by atoms with Crippen LogP contribution >= 0.6 is 0 Å². The molecule has 0 aliphatic heterocycles. The maximum absolute atomic E-state index is 13.3. The molecule has 0 radical (unpaired) electrons. The van der Waals surface area contributed by atoms with Gasteiger partial charge in [0, 0.05) is 24.7 Å². The van der Waals surface area contributed by atoms with Gasteiger partial charge in [0.25, 0.3) is 0 Å². The number of Topliss-reactive ketones (excluding diaryl/α,β-unsaturated/α-hetero) is 1. The largest absolute Gasteiger partial charge is 0.458 e. The van der Waals surface area contributed by atoms with Crippen molar-refractivity contribution in [1.29, 1.82) is 0 Å². The molecule has 0 N–H and O–H groups in total. The van der Waals surface area contributed by atoms with Gasteiger partial charge in [-0.1, -0.05) is 30.2 Å². The van der Waals surface area contributed by atoms with Gasteiger partial charge < -0.3 is 9.47 Å². The number of hydrogen-bond acceptors (Lipinski definition) is 6. The third-order valence-electron chi connectivity index (χ3n) is 8.24. The molecule has 2 fully saturated rings. The third-order valence-corrected chi connectivity index (χ3v) is 8.24. The molecule has 4 rings (SSSR count). The first-order valence-electron chi connectivity index (χ1n) is 11.0. The Morgan fingerprint density at radius 3 is 2.55 bits per heavy atom. The van der Waals surface area contributed by atoms with Crippen LogP contribution in [0.1, 0.15) is 59.8 Å². The normalized spacial score (nSPS) is 38.3. The first kappa shape index (κ1) is 21.7. The van der Waals surface area contributed by atoms with E-state index in [2.05, 4.69) is 13.0 Å². The smallest absolute Gasteiger partial charge is 0.303 e. The summed E-state index contributed by atoms with van der Waals surface area (Å²) in [6.07, 6.45) is 11.2. The van der Waals surface area contributed by atoms with E-state index in [1.54, 1.807) is 12.2 Å². The van der Waals surface area contributed by atoms with Crippen molar-refractivity contribution in [2.45, 2.75) is 65.4 Å². The Balaban J connectivity index is 1.74. The van der Waals surface area contributed by atoms with E-state index in [-0.39, 0.29) is 35.4 Å². The fourth-order valence-corrected chi connectivity index (χ4v) is 6.73. The Hall–Kier alpha value is -2.50. The Labute approximate surface area is 182 Å². The van der Waals surface area contributed by atoms with Crippen molar-refractivity contribution >= 4 is 23.5 Å². The monoisotopic (exact) mass is 426 g/mol. The molecular weight excluding hydrogens is 396 g/mol. The molecule has 0 aromatic rings. The van der Waals surface area contributed by atoms with Crippen molar-refractivity contribution in [1.82, 2.24) is 0 Å². The average Bonchev–Trinajstić information content (AvgIpc) is 2.99. The van der Waals surface area contributed by atoms with E-state index in [0.717, 1.165) is 24.8 Å². The number of fused-ring (bicyclic) bond motifs is 5. The lowest BCUT2D eigenvalue weighted by Crippen LogP contribution is -2.57. The molecule has 0 bridgehead atoms. The lowest BCUT2D eigenvalue weighted by molar-refractivity contribution is -0.184. The van der Waals surface area contributed by atoms with Crippen LogP contribution in [-0.2, 0) is 28.7 Å². The van der Waals surface area contributed by atoms with Crippen LogP contribution in [0.3, 0.4) is 0 Å². The van der Waals surface area contributed by atoms with Crippen molar-refractivity contribution in [3.63, 3.8) is 0 Å². The molecule has 6 heteroatoms. The summed E-state index contributed by atoms with van der Waals surface area (Å²) >= 11 is 0. The Morgan fingerprint density at radius 2 is 1.87 bits per heavy atom. The molecule has 2 saturated carbocycles. The fraction of sp³-hybridized carbons (Fsp3) is 0.600. The second kappa shape index (κ2) is 7.28. The summed E-state index contributed by atoms with van der Waals surface area (Å²) in [5.74, 6) is -0.920. The first-order chi connectivity index (χ1) is 14.5. The summed E-state index contributed by atoms with van der Waals surface area (Å²) < 4.78 is 10.8. The summed E-state index contributed by atoms with van der Waals surface area (Å²) in [6.45, 7) is 6.41. The van der Waals surface area contributed by atoms with Gasteiger partial charge in [-0.25, -0.2) is 0 Å². The minimum Gasteiger partial charge on any atom is -0.458 e. The molecule has 4 aliphatic carbocycles. The molecule has 0 saturated heterocycles. The minimum atomic E-state index is -1.30. The Bertz CT molecular complexity index is 955. The number of hydrogen-bond donors (Lipinski definition) is 0. The molecule has 6 nitrogen and oxygen atoms in total. The van der Waals surface area contributed by atoms with Gasteiger partial charge in [0.15, 0.2) is 18.0 Å². The van der Waals surface area contributed by atoms with Crippen molar-refractivity contribution in [3.05, 3.63) is 35.5 Å². The highest BCUT2D eigenvalue weighted by atomic mass is 16.6. The van der Waals surface area contributed by atoms with Gasteiger partial charge in [0.05, 0.1) is 0 Å². The topological polar surface area (TPSA) is 86.7 Å². The van der Waals surface area contributed by atoms with Crippen molar-refractivity contribution in [3.8, 4) is 0 Å². The quantitative estimate of drug-likeness (QED) is 0.504. The van der Waals surface area contributed by atoms with Crippen LogP contribution in [0.25, 0.3) is 0 Å². The van der Waals surface area contributed by atoms with Crippen LogP contribution in [-0.4, -0.2) is 35.7 Å². The maximum atomic E-state index is 13.3. The standard InChI is InChI=1S/C25H30O6/c1-15(26)30-14-22(29)25(31-16(2)27)12-9-21-19-6-5-17-13-18(28)7-10-23(17,3)20(19)8-11-24(21,25)4/h7-8,10,13,19,21H,5-6,9,11-12,14H2,1-4H3/t19-,21+,23+,24-,25+/m0/s1. The van der Waals surface area contributed by atoms with Gasteiger partial charge in [0.2, 0.25) is 5.78 Å². The molecule has 166 valence electrons. The van der Waals surface area contributed by atoms with Gasteiger partial charge in [-0.15, -0.1) is 0 Å². The van der Waals surface area contributed by atoms with Crippen molar-refractivity contribution < 1.29 is 28.7 Å². The molecule has 0 aromatic carbocycles. The van der Waals surface area contributed by atoms with Gasteiger partial charge in [-0.2, -0.15) is 0 Å². The number of allylic oxidation sites excluding steroid dienone is 6. The van der Waals surface area contributed by atoms with Gasteiger partial charge >= 0.3 is 11.9 Å². The highest BCUT2D eigenvalue weighted by Crippen LogP contribution is 2.66. The predicted molar refractivity (Wildman–Crippen MR) is 113 cm³/mol. The number of ether oxygens (including phenoxy) is 2. The lowest BCUT2D eigenvalue weighted by atomic mass is 9.51. The summed E-state index contributed by atoms with van der Waals surface area (Å²) in [7, 11) is 0. The number of carbonyl (C=O) groups is 4. The fourth-order valence-electron chi connectivity index (χ4n) is 6.73. The first-order valence-corrected chi connectivity index (χ1v) is 11.0. The highest BCUT2D eigenvalue weighted by molar-refractivity contribution is 6.01. The lowest BCUT2D eigenvalue weighted by Gasteiger charge is -2.54. The number of esters is 2. The van der Waals surface area contributed by atoms with Crippen LogP contribution in [0.5, 0.6) is 0 Å². The van der Waals surface area contributed by atoms with Crippen molar-refractivity contribution in [2.24, 2.45) is 22.7 Å². The molecule has 0 unspecified atom stereocenters. The molecule has 0 aromatic heterocycles. The van der Waals surface area contributed by atoms with Gasteiger partial charge in [-0.3, -0.25) is 19.2 Å². The molecule has 31 heavy (non-hydrogen) atoms. The van der Waals surface area contributed by atoms with E-state index < -0.39 is 23.0 Å². The zero-order valence-electron chi connectivity index (χ0n) is 18.7. The average molecular weight is 427 g/mol. The van der Waals surface area contributed by atoms with E-state index in [1.165, 1.54) is 19.4 Å². The highest BCUT2D eigenvalue weighted by Gasteiger charge is 2.67. The molecule has 0 heterocycles. The van der Waals surface area contributed by atoms with E-state index in [4.69, 9.17) is 9.47 Å². The van der Waals surface area contributed by atoms with E-state index in [1.807, 2.05) is 13.0 Å². The molecule has 0 spiro atoms. The van der Waals surface area contributed by atoms with Gasteiger partial charge in [-0.05, 0) is 63.0 Å². The minimum absolute atomic E-state index is 0.0398. The number of carbonyl (C=O) groups excluding carboxylic acids is 4. The maximum Gasteiger partial charge on any atom is 0.303 e. The summed E-state index contributed by atoms with van der Waals surface area (Å²) in [4.78, 5) is 48.6. The number of ketones is 2. The van der Waals surface area contributed by atoms with Crippen LogP contribution < -0.4 is 0 Å². The van der Waals surface area contributed by atoms with Crippen LogP contribution in [0.2, 0.25) is 0 Å². The zero-order valence-corrected chi connectivity index (χ0v) is 18.7. The van der Waals surface area contributed by atoms with Crippen LogP contribution in [0, 0.1) is 22.7 Å². The summed E-state index contributed by atoms with van der Waals surface area (Å²) in [5, 5.41) is 0. The number of rotatable bonds is 4. The van der Waals surface area contributed by atoms with E-state index >= 15 is 0 Å². The second-order valence-corrected chi connectivity index (χ2v) is 9.80. The SMILES string of the molecule is CC(=O)OCC(=O)[C@]1(OC(C)=O)CC[C@@H]2[C@H]3CCC4=CC(=O)C=C[C@@]4(C)C3=CC[C@@]21C. The summed E-state index contributed by atoms with van der Waals surface area (Å²) in [5.41, 5.74) is 0.322. The molecule has 5 atom stereocenters. The Morgan fingerprint density at radius 1 is 1.13 bits per heavy atom. The molecule has 0 amide bonds. The Kier molecular flexibility index (Phi) is 5.10. The molecular formula is C25H30O6.